The Morgan fingerprint density at radius 2 is 1.53 bits per heavy atom. The fraction of sp³-hybridized carbons (Fsp3) is 0.391. The first-order valence-electron chi connectivity index (χ1n) is 11.2. The Hall–Kier alpha value is -3.87. The van der Waals surface area contributed by atoms with Crippen LogP contribution >= 0.6 is 7.60 Å². The Morgan fingerprint density at radius 3 is 2.03 bits per heavy atom. The maximum absolute atomic E-state index is 13.1. The molecule has 14 nitrogen and oxygen atoms in total. The number of nitrogens with one attached hydrogen (secondary N) is 1. The smallest absolute Gasteiger partial charge is 0.330 e. The van der Waals surface area contributed by atoms with Crippen LogP contribution in [0.3, 0.4) is 0 Å². The van der Waals surface area contributed by atoms with Crippen molar-refractivity contribution in [1.29, 1.82) is 0 Å². The van der Waals surface area contributed by atoms with Gasteiger partial charge < -0.3 is 23.8 Å². The van der Waals surface area contributed by atoms with E-state index in [1.165, 1.54) is 14.2 Å². The van der Waals surface area contributed by atoms with Gasteiger partial charge in [0.1, 0.15) is 17.4 Å². The Morgan fingerprint density at radius 1 is 0.947 bits per heavy atom. The van der Waals surface area contributed by atoms with Gasteiger partial charge in [-0.1, -0.05) is 6.07 Å². The van der Waals surface area contributed by atoms with E-state index in [1.54, 1.807) is 26.0 Å². The number of nitro groups is 2. The summed E-state index contributed by atoms with van der Waals surface area (Å²) >= 11 is 0. The Bertz CT molecular complexity index is 1250. The molecule has 0 aliphatic heterocycles. The monoisotopic (exact) mass is 553 g/mol. The molecule has 0 aromatic heterocycles. The van der Waals surface area contributed by atoms with Crippen molar-refractivity contribution < 1.29 is 42.5 Å². The van der Waals surface area contributed by atoms with Crippen molar-refractivity contribution >= 4 is 30.8 Å². The summed E-state index contributed by atoms with van der Waals surface area (Å²) in [4.78, 5) is 46.9. The highest BCUT2D eigenvalue weighted by Gasteiger charge is 2.32. The van der Waals surface area contributed by atoms with Crippen molar-refractivity contribution in [2.75, 3.05) is 27.5 Å². The van der Waals surface area contributed by atoms with Gasteiger partial charge in [0.15, 0.2) is 0 Å². The van der Waals surface area contributed by atoms with Crippen LogP contribution in [0, 0.1) is 34.1 Å². The zero-order valence-electron chi connectivity index (χ0n) is 21.4. The van der Waals surface area contributed by atoms with Gasteiger partial charge in [-0.3, -0.25) is 29.6 Å². The van der Waals surface area contributed by atoms with Crippen LogP contribution in [0.15, 0.2) is 30.3 Å². The van der Waals surface area contributed by atoms with Gasteiger partial charge in [-0.15, -0.1) is 0 Å². The zero-order valence-corrected chi connectivity index (χ0v) is 22.3. The SMILES string of the molecule is COC(=O)[C@H](CCCP(=O)(OC)OC)NC(=O)c1cc(Oc2cc(C)cc(C)c2)c([N+](=O)[O-])cc1[N+](=O)[O-]. The average molecular weight is 553 g/mol. The third-order valence-corrected chi connectivity index (χ3v) is 7.39. The first-order valence-corrected chi connectivity index (χ1v) is 12.9. The van der Waals surface area contributed by atoms with Crippen LogP contribution in [0.4, 0.5) is 11.4 Å². The topological polar surface area (TPSA) is 186 Å². The minimum absolute atomic E-state index is 0.0676. The number of nitro benzene ring substituents is 2. The first kappa shape index (κ1) is 30.4. The molecule has 15 heteroatoms. The van der Waals surface area contributed by atoms with E-state index in [-0.39, 0.29) is 24.8 Å². The molecule has 0 unspecified atom stereocenters. The summed E-state index contributed by atoms with van der Waals surface area (Å²) in [6.07, 6.45) is -0.0425. The second-order valence-electron chi connectivity index (χ2n) is 8.17. The molecule has 2 aromatic carbocycles. The summed E-state index contributed by atoms with van der Waals surface area (Å²) in [5, 5.41) is 25.7. The summed E-state index contributed by atoms with van der Waals surface area (Å²) < 4.78 is 32.3. The molecule has 0 aliphatic rings. The molecule has 1 N–H and O–H groups in total. The van der Waals surface area contributed by atoms with E-state index in [2.05, 4.69) is 5.32 Å². The quantitative estimate of drug-likeness (QED) is 0.160. The van der Waals surface area contributed by atoms with Gasteiger partial charge in [-0.25, -0.2) is 4.79 Å². The average Bonchev–Trinajstić information content (AvgIpc) is 2.86. The van der Waals surface area contributed by atoms with Crippen LogP contribution in [0.2, 0.25) is 0 Å². The molecule has 0 spiro atoms. The number of rotatable bonds is 13. The molecule has 0 fully saturated rings. The van der Waals surface area contributed by atoms with E-state index in [4.69, 9.17) is 18.5 Å². The Balaban J connectivity index is 2.45. The lowest BCUT2D eigenvalue weighted by Gasteiger charge is -2.18. The number of carbonyl (C=O) groups is 2. The second kappa shape index (κ2) is 13.1. The largest absolute Gasteiger partial charge is 0.467 e. The number of aryl methyl sites for hydroxylation is 2. The van der Waals surface area contributed by atoms with Crippen LogP contribution in [0.1, 0.15) is 34.3 Å². The number of hydrogen-bond acceptors (Lipinski definition) is 11. The van der Waals surface area contributed by atoms with Crippen molar-refractivity contribution in [3.05, 3.63) is 67.3 Å². The van der Waals surface area contributed by atoms with E-state index in [0.717, 1.165) is 24.3 Å². The number of esters is 1. The van der Waals surface area contributed by atoms with Gasteiger partial charge in [-0.2, -0.15) is 0 Å². The van der Waals surface area contributed by atoms with Crippen molar-refractivity contribution in [2.24, 2.45) is 0 Å². The van der Waals surface area contributed by atoms with E-state index in [9.17, 15) is 34.4 Å². The van der Waals surface area contributed by atoms with Gasteiger partial charge >= 0.3 is 19.3 Å². The van der Waals surface area contributed by atoms with Crippen molar-refractivity contribution in [1.82, 2.24) is 5.32 Å². The summed E-state index contributed by atoms with van der Waals surface area (Å²) in [6, 6.07) is 5.26. The van der Waals surface area contributed by atoms with E-state index in [0.29, 0.717) is 6.07 Å². The van der Waals surface area contributed by atoms with Crippen LogP contribution in [0.5, 0.6) is 11.5 Å². The lowest BCUT2D eigenvalue weighted by molar-refractivity contribution is -0.394. The number of benzene rings is 2. The Labute approximate surface area is 218 Å². The van der Waals surface area contributed by atoms with Crippen LogP contribution < -0.4 is 10.1 Å². The summed E-state index contributed by atoms with van der Waals surface area (Å²) in [7, 11) is 0.106. The minimum Gasteiger partial charge on any atom is -0.467 e. The molecule has 0 heterocycles. The molecule has 1 atom stereocenters. The minimum atomic E-state index is -3.39. The highest BCUT2D eigenvalue weighted by atomic mass is 31.2. The molecule has 1 amide bonds. The molecule has 0 bridgehead atoms. The molecule has 0 radical (unpaired) electrons. The van der Waals surface area contributed by atoms with E-state index >= 15 is 0 Å². The molecule has 38 heavy (non-hydrogen) atoms. The molecule has 0 aliphatic carbocycles. The number of methoxy groups -OCH3 is 1. The molecule has 0 saturated carbocycles. The van der Waals surface area contributed by atoms with Crippen molar-refractivity contribution in [3.8, 4) is 11.5 Å². The molecule has 2 rings (SSSR count). The van der Waals surface area contributed by atoms with Gasteiger partial charge in [-0.05, 0) is 49.9 Å². The maximum atomic E-state index is 13.1. The van der Waals surface area contributed by atoms with Crippen molar-refractivity contribution in [2.45, 2.75) is 32.7 Å². The fourth-order valence-electron chi connectivity index (χ4n) is 3.61. The predicted octanol–water partition coefficient (Wildman–Crippen LogP) is 4.45. The molecule has 0 saturated heterocycles. The molecule has 2 aromatic rings. The third kappa shape index (κ3) is 7.81. The lowest BCUT2D eigenvalue weighted by atomic mass is 10.1. The van der Waals surface area contributed by atoms with E-state index < -0.39 is 58.0 Å². The lowest BCUT2D eigenvalue weighted by Crippen LogP contribution is -2.41. The molecule has 206 valence electrons. The normalized spacial score (nSPS) is 11.9. The third-order valence-electron chi connectivity index (χ3n) is 5.41. The first-order chi connectivity index (χ1) is 17.8. The van der Waals surface area contributed by atoms with Crippen LogP contribution in [-0.4, -0.2) is 55.3 Å². The summed E-state index contributed by atoms with van der Waals surface area (Å²) in [5.74, 6) is -2.13. The van der Waals surface area contributed by atoms with Gasteiger partial charge in [0.05, 0.1) is 29.2 Å². The summed E-state index contributed by atoms with van der Waals surface area (Å²) in [5.41, 5.74) is -0.570. The molecular formula is C23H28N3O11P. The standard InChI is InChI=1S/C23H28N3O11P/c1-14-9-15(2)11-16(10-14)37-21-12-17(19(25(29)30)13-20(21)26(31)32)22(27)24-18(23(28)34-3)7-6-8-38(33,35-4)36-5/h9-13,18H,6-8H2,1-5H3,(H,24,27)/t18-/m0/s1. The number of hydrogen-bond donors (Lipinski definition) is 1. The van der Waals surface area contributed by atoms with Gasteiger partial charge in [0, 0.05) is 20.3 Å². The second-order valence-corrected chi connectivity index (χ2v) is 10.6. The zero-order chi connectivity index (χ0) is 28.6. The number of ether oxygens (including phenoxy) is 2. The number of amides is 1. The summed E-state index contributed by atoms with van der Waals surface area (Å²) in [6.45, 7) is 3.57. The van der Waals surface area contributed by atoms with E-state index in [1.807, 2.05) is 6.07 Å². The Kier molecular flexibility index (Phi) is 10.5. The van der Waals surface area contributed by atoms with Crippen molar-refractivity contribution in [3.63, 3.8) is 0 Å². The number of carbonyl (C=O) groups excluding carboxylic acids is 2. The van der Waals surface area contributed by atoms with Crippen LogP contribution in [-0.2, 0) is 23.1 Å². The fourth-order valence-corrected chi connectivity index (χ4v) is 4.69. The van der Waals surface area contributed by atoms with Crippen LogP contribution in [0.25, 0.3) is 0 Å². The highest BCUT2D eigenvalue weighted by molar-refractivity contribution is 7.53. The van der Waals surface area contributed by atoms with Gasteiger partial charge in [0.2, 0.25) is 5.75 Å². The highest BCUT2D eigenvalue weighted by Crippen LogP contribution is 2.47. The molecular weight excluding hydrogens is 525 g/mol. The predicted molar refractivity (Wildman–Crippen MR) is 135 cm³/mol. The number of nitrogens with zero attached hydrogens (tertiary/aromatic N) is 2. The maximum Gasteiger partial charge on any atom is 0.330 e. The van der Waals surface area contributed by atoms with Gasteiger partial charge in [0.25, 0.3) is 11.6 Å².